The number of hydrogen-bond acceptors (Lipinski definition) is 3. The predicted octanol–water partition coefficient (Wildman–Crippen LogP) is 1.11. The highest BCUT2D eigenvalue weighted by atomic mass is 16.3. The molecule has 1 aromatic rings. The molecule has 2 N–H and O–H groups in total. The van der Waals surface area contributed by atoms with E-state index in [9.17, 15) is 0 Å². The molecule has 0 aromatic carbocycles. The molecular formula is C11H16N2O. The average Bonchev–Trinajstić information content (AvgIpc) is 2.30. The molecule has 3 heteroatoms. The largest absolute Gasteiger partial charge is 0.396 e. The third-order valence-corrected chi connectivity index (χ3v) is 2.88. The Morgan fingerprint density at radius 1 is 1.43 bits per heavy atom. The van der Waals surface area contributed by atoms with Crippen molar-refractivity contribution in [2.75, 3.05) is 13.2 Å². The number of aromatic nitrogens is 1. The summed E-state index contributed by atoms with van der Waals surface area (Å²) in [5.41, 5.74) is 1.28. The van der Waals surface area contributed by atoms with Crippen LogP contribution in [0.25, 0.3) is 0 Å². The fraction of sp³-hybridized carbons (Fsp3) is 0.545. The van der Waals surface area contributed by atoms with Crippen molar-refractivity contribution in [1.82, 2.24) is 10.3 Å². The van der Waals surface area contributed by atoms with Crippen LogP contribution >= 0.6 is 0 Å². The van der Waals surface area contributed by atoms with Crippen LogP contribution in [0.1, 0.15) is 24.4 Å². The van der Waals surface area contributed by atoms with E-state index in [2.05, 4.69) is 10.3 Å². The Labute approximate surface area is 84.2 Å². The van der Waals surface area contributed by atoms with Gasteiger partial charge in [-0.25, -0.2) is 0 Å². The van der Waals surface area contributed by atoms with Gasteiger partial charge in [0, 0.05) is 25.0 Å². The maximum Gasteiger partial charge on any atom is 0.0460 e. The standard InChI is InChI=1S/C11H16N2O/c14-8-9-1-6-13-11(7-9)10-2-4-12-5-3-10/h2-5,9,11,13-14H,1,6-8H2. The van der Waals surface area contributed by atoms with Crippen LogP contribution in [0.3, 0.4) is 0 Å². The number of aliphatic hydroxyl groups is 1. The number of hydrogen-bond donors (Lipinski definition) is 2. The van der Waals surface area contributed by atoms with Gasteiger partial charge in [0.25, 0.3) is 0 Å². The van der Waals surface area contributed by atoms with Crippen LogP contribution in [-0.2, 0) is 0 Å². The van der Waals surface area contributed by atoms with E-state index in [-0.39, 0.29) is 0 Å². The molecule has 0 spiro atoms. The van der Waals surface area contributed by atoms with Crippen LogP contribution in [0.4, 0.5) is 0 Å². The summed E-state index contributed by atoms with van der Waals surface area (Å²) in [5, 5.41) is 12.6. The molecule has 76 valence electrons. The summed E-state index contributed by atoms with van der Waals surface area (Å²) in [4.78, 5) is 4.00. The summed E-state index contributed by atoms with van der Waals surface area (Å²) in [5.74, 6) is 0.453. The van der Waals surface area contributed by atoms with Crippen molar-refractivity contribution in [2.24, 2.45) is 5.92 Å². The zero-order chi connectivity index (χ0) is 9.80. The molecule has 0 radical (unpaired) electrons. The molecule has 14 heavy (non-hydrogen) atoms. The molecule has 1 saturated heterocycles. The van der Waals surface area contributed by atoms with Gasteiger partial charge in [-0.2, -0.15) is 0 Å². The lowest BCUT2D eigenvalue weighted by molar-refractivity contribution is 0.176. The van der Waals surface area contributed by atoms with Crippen molar-refractivity contribution in [1.29, 1.82) is 0 Å². The summed E-state index contributed by atoms with van der Waals surface area (Å²) >= 11 is 0. The first-order valence-electron chi connectivity index (χ1n) is 5.14. The van der Waals surface area contributed by atoms with Crippen molar-refractivity contribution in [3.8, 4) is 0 Å². The van der Waals surface area contributed by atoms with Gasteiger partial charge in [-0.1, -0.05) is 0 Å². The number of piperidine rings is 1. The Bertz CT molecular complexity index is 276. The lowest BCUT2D eigenvalue weighted by Gasteiger charge is -2.29. The van der Waals surface area contributed by atoms with Gasteiger partial charge in [0.05, 0.1) is 0 Å². The third kappa shape index (κ3) is 2.11. The Balaban J connectivity index is 2.04. The lowest BCUT2D eigenvalue weighted by Crippen LogP contribution is -2.33. The highest BCUT2D eigenvalue weighted by Crippen LogP contribution is 2.26. The van der Waals surface area contributed by atoms with Crippen molar-refractivity contribution >= 4 is 0 Å². The van der Waals surface area contributed by atoms with E-state index in [1.54, 1.807) is 0 Å². The van der Waals surface area contributed by atoms with Gasteiger partial charge in [0.2, 0.25) is 0 Å². The van der Waals surface area contributed by atoms with E-state index in [4.69, 9.17) is 5.11 Å². The second kappa shape index (κ2) is 4.53. The maximum absolute atomic E-state index is 9.12. The zero-order valence-electron chi connectivity index (χ0n) is 8.19. The van der Waals surface area contributed by atoms with E-state index in [1.165, 1.54) is 5.56 Å². The van der Waals surface area contributed by atoms with Gasteiger partial charge < -0.3 is 10.4 Å². The quantitative estimate of drug-likeness (QED) is 0.738. The fourth-order valence-electron chi connectivity index (χ4n) is 2.01. The van der Waals surface area contributed by atoms with Gasteiger partial charge in [-0.15, -0.1) is 0 Å². The molecule has 3 nitrogen and oxygen atoms in total. The first-order valence-corrected chi connectivity index (χ1v) is 5.14. The Morgan fingerprint density at radius 3 is 2.93 bits per heavy atom. The molecule has 0 saturated carbocycles. The average molecular weight is 192 g/mol. The molecule has 2 atom stereocenters. The Kier molecular flexibility index (Phi) is 3.11. The van der Waals surface area contributed by atoms with E-state index >= 15 is 0 Å². The summed E-state index contributed by atoms with van der Waals surface area (Å²) in [7, 11) is 0. The monoisotopic (exact) mass is 192 g/mol. The Hall–Kier alpha value is -0.930. The summed E-state index contributed by atoms with van der Waals surface area (Å²) < 4.78 is 0. The van der Waals surface area contributed by atoms with Gasteiger partial charge in [0.1, 0.15) is 0 Å². The minimum absolute atomic E-state index is 0.309. The molecule has 2 unspecified atom stereocenters. The van der Waals surface area contributed by atoms with Crippen LogP contribution in [0.15, 0.2) is 24.5 Å². The normalized spacial score (nSPS) is 27.5. The second-order valence-corrected chi connectivity index (χ2v) is 3.86. The molecule has 0 aliphatic carbocycles. The minimum Gasteiger partial charge on any atom is -0.396 e. The number of pyridine rings is 1. The maximum atomic E-state index is 9.12. The zero-order valence-corrected chi connectivity index (χ0v) is 8.19. The predicted molar refractivity (Wildman–Crippen MR) is 54.8 cm³/mol. The van der Waals surface area contributed by atoms with Crippen LogP contribution in [0.5, 0.6) is 0 Å². The van der Waals surface area contributed by atoms with Gasteiger partial charge in [-0.3, -0.25) is 4.98 Å². The number of nitrogens with zero attached hydrogens (tertiary/aromatic N) is 1. The van der Waals surface area contributed by atoms with Crippen molar-refractivity contribution in [3.63, 3.8) is 0 Å². The van der Waals surface area contributed by atoms with Crippen LogP contribution in [-0.4, -0.2) is 23.2 Å². The number of nitrogens with one attached hydrogen (secondary N) is 1. The van der Waals surface area contributed by atoms with Gasteiger partial charge >= 0.3 is 0 Å². The fourth-order valence-corrected chi connectivity index (χ4v) is 2.01. The van der Waals surface area contributed by atoms with E-state index in [0.717, 1.165) is 19.4 Å². The van der Waals surface area contributed by atoms with Crippen LogP contribution < -0.4 is 5.32 Å². The topological polar surface area (TPSA) is 45.1 Å². The van der Waals surface area contributed by atoms with Crippen molar-refractivity contribution < 1.29 is 5.11 Å². The number of aliphatic hydroxyl groups excluding tert-OH is 1. The summed E-state index contributed by atoms with van der Waals surface area (Å²) in [6.07, 6.45) is 5.75. The highest BCUT2D eigenvalue weighted by molar-refractivity contribution is 5.15. The molecule has 2 rings (SSSR count). The van der Waals surface area contributed by atoms with E-state index in [1.807, 2.05) is 24.5 Å². The molecule has 0 bridgehead atoms. The molecule has 2 heterocycles. The molecule has 1 aliphatic heterocycles. The van der Waals surface area contributed by atoms with E-state index < -0.39 is 0 Å². The van der Waals surface area contributed by atoms with Crippen LogP contribution in [0, 0.1) is 5.92 Å². The Morgan fingerprint density at radius 2 is 2.21 bits per heavy atom. The molecule has 0 amide bonds. The summed E-state index contributed by atoms with van der Waals surface area (Å²) in [6, 6.07) is 4.47. The minimum atomic E-state index is 0.309. The molecular weight excluding hydrogens is 176 g/mol. The first kappa shape index (κ1) is 9.62. The van der Waals surface area contributed by atoms with Crippen LogP contribution in [0.2, 0.25) is 0 Å². The highest BCUT2D eigenvalue weighted by Gasteiger charge is 2.21. The third-order valence-electron chi connectivity index (χ3n) is 2.88. The molecule has 1 aliphatic rings. The SMILES string of the molecule is OCC1CCNC(c2ccncc2)C1. The van der Waals surface area contributed by atoms with Crippen molar-refractivity contribution in [2.45, 2.75) is 18.9 Å². The summed E-state index contributed by atoms with van der Waals surface area (Å²) in [6.45, 7) is 1.31. The van der Waals surface area contributed by atoms with E-state index in [0.29, 0.717) is 18.6 Å². The molecule has 1 fully saturated rings. The van der Waals surface area contributed by atoms with Crippen molar-refractivity contribution in [3.05, 3.63) is 30.1 Å². The number of rotatable bonds is 2. The second-order valence-electron chi connectivity index (χ2n) is 3.86. The lowest BCUT2D eigenvalue weighted by atomic mass is 9.90. The first-order chi connectivity index (χ1) is 6.90. The smallest absolute Gasteiger partial charge is 0.0460 e. The van der Waals surface area contributed by atoms with Gasteiger partial charge in [0.15, 0.2) is 0 Å². The molecule has 1 aromatic heterocycles. The van der Waals surface area contributed by atoms with Gasteiger partial charge in [-0.05, 0) is 43.0 Å².